The lowest BCUT2D eigenvalue weighted by Crippen LogP contribution is -2.57. The van der Waals surface area contributed by atoms with Crippen molar-refractivity contribution in [3.8, 4) is 0 Å². The van der Waals surface area contributed by atoms with Gasteiger partial charge in [-0.2, -0.15) is 0 Å². The van der Waals surface area contributed by atoms with Gasteiger partial charge in [0.05, 0.1) is 0 Å². The molecule has 0 aromatic heterocycles. The van der Waals surface area contributed by atoms with E-state index >= 15 is 0 Å². The average molecular weight is 400 g/mol. The third-order valence-corrected chi connectivity index (χ3v) is 6.54. The van der Waals surface area contributed by atoms with E-state index in [0.717, 1.165) is 45.2 Å². The summed E-state index contributed by atoms with van der Waals surface area (Å²) in [6.07, 6.45) is 7.48. The van der Waals surface area contributed by atoms with Crippen LogP contribution < -0.4 is 0 Å². The third kappa shape index (κ3) is 4.53. The van der Waals surface area contributed by atoms with Crippen LogP contribution in [0.4, 0.5) is 4.39 Å². The first kappa shape index (κ1) is 20.1. The minimum absolute atomic E-state index is 0.0628. The van der Waals surface area contributed by atoms with Crippen LogP contribution in [0, 0.1) is 17.7 Å². The van der Waals surface area contributed by atoms with Crippen LogP contribution in [0.5, 0.6) is 0 Å². The highest BCUT2D eigenvalue weighted by Gasteiger charge is 2.40. The van der Waals surface area contributed by atoms with Gasteiger partial charge in [0.1, 0.15) is 5.82 Å². The summed E-state index contributed by atoms with van der Waals surface area (Å²) in [6, 6.07) is 6.62. The summed E-state index contributed by atoms with van der Waals surface area (Å²) in [4.78, 5) is 29.6. The van der Waals surface area contributed by atoms with Gasteiger partial charge in [-0.15, -0.1) is 0 Å². The molecule has 3 aliphatic heterocycles. The van der Waals surface area contributed by atoms with E-state index in [2.05, 4.69) is 0 Å². The highest BCUT2D eigenvalue weighted by molar-refractivity contribution is 5.92. The van der Waals surface area contributed by atoms with Gasteiger partial charge in [-0.05, 0) is 50.2 Å². The molecule has 3 fully saturated rings. The van der Waals surface area contributed by atoms with Gasteiger partial charge in [-0.3, -0.25) is 9.59 Å². The summed E-state index contributed by atoms with van der Waals surface area (Å²) in [5.41, 5.74) is 0.422. The second kappa shape index (κ2) is 9.08. The zero-order valence-corrected chi connectivity index (χ0v) is 16.8. The third-order valence-electron chi connectivity index (χ3n) is 6.54. The number of ether oxygens (including phenoxy) is 1. The average Bonchev–Trinajstić information content (AvgIpc) is 2.77. The molecule has 1 aromatic rings. The normalized spacial score (nSPS) is 25.8. The number of fused-ring (bicyclic) bond motifs is 1. The van der Waals surface area contributed by atoms with Gasteiger partial charge in [0, 0.05) is 56.4 Å². The summed E-state index contributed by atoms with van der Waals surface area (Å²) in [7, 11) is 0. The van der Waals surface area contributed by atoms with Crippen LogP contribution in [-0.4, -0.2) is 60.5 Å². The van der Waals surface area contributed by atoms with Crippen molar-refractivity contribution in [1.82, 2.24) is 9.80 Å². The van der Waals surface area contributed by atoms with Crippen LogP contribution in [0.1, 0.15) is 37.7 Å². The molecule has 0 aliphatic carbocycles. The molecule has 2 amide bonds. The molecule has 0 spiro atoms. The Balaban J connectivity index is 1.38. The van der Waals surface area contributed by atoms with Gasteiger partial charge >= 0.3 is 0 Å². The van der Waals surface area contributed by atoms with Crippen molar-refractivity contribution in [1.29, 1.82) is 0 Å². The van der Waals surface area contributed by atoms with Crippen molar-refractivity contribution >= 4 is 17.9 Å². The smallest absolute Gasteiger partial charge is 0.246 e. The van der Waals surface area contributed by atoms with Crippen molar-refractivity contribution < 1.29 is 18.7 Å². The monoisotopic (exact) mass is 400 g/mol. The van der Waals surface area contributed by atoms with Gasteiger partial charge < -0.3 is 14.5 Å². The second-order valence-corrected chi connectivity index (χ2v) is 8.32. The number of rotatable bonds is 3. The number of amides is 2. The molecule has 2 atom stereocenters. The molecule has 1 aromatic carbocycles. The number of hydrogen-bond acceptors (Lipinski definition) is 3. The molecule has 29 heavy (non-hydrogen) atoms. The largest absolute Gasteiger partial charge is 0.381 e. The molecule has 0 radical (unpaired) electrons. The number of halogens is 1. The highest BCUT2D eigenvalue weighted by Crippen LogP contribution is 2.32. The van der Waals surface area contributed by atoms with Gasteiger partial charge in [0.2, 0.25) is 11.8 Å². The van der Waals surface area contributed by atoms with Crippen LogP contribution in [0.15, 0.2) is 30.3 Å². The Bertz CT molecular complexity index is 775. The summed E-state index contributed by atoms with van der Waals surface area (Å²) < 4.78 is 19.2. The first-order valence-corrected chi connectivity index (χ1v) is 10.7. The van der Waals surface area contributed by atoms with Crippen LogP contribution >= 0.6 is 0 Å². The van der Waals surface area contributed by atoms with Gasteiger partial charge in [-0.25, -0.2) is 4.39 Å². The maximum atomic E-state index is 13.8. The van der Waals surface area contributed by atoms with Crippen molar-refractivity contribution in [2.75, 3.05) is 32.8 Å². The fourth-order valence-corrected chi connectivity index (χ4v) is 4.95. The maximum absolute atomic E-state index is 13.8. The summed E-state index contributed by atoms with van der Waals surface area (Å²) in [5.74, 6) is 0.284. The van der Waals surface area contributed by atoms with E-state index in [4.69, 9.17) is 4.74 Å². The molecule has 0 bridgehead atoms. The first-order chi connectivity index (χ1) is 14.1. The lowest BCUT2D eigenvalue weighted by molar-refractivity contribution is -0.144. The van der Waals surface area contributed by atoms with Crippen LogP contribution in [0.3, 0.4) is 0 Å². The Kier molecular flexibility index (Phi) is 6.28. The minimum Gasteiger partial charge on any atom is -0.381 e. The predicted molar refractivity (Wildman–Crippen MR) is 108 cm³/mol. The summed E-state index contributed by atoms with van der Waals surface area (Å²) in [5, 5.41) is 0. The van der Waals surface area contributed by atoms with Gasteiger partial charge in [0.25, 0.3) is 0 Å². The van der Waals surface area contributed by atoms with E-state index in [1.165, 1.54) is 12.1 Å². The van der Waals surface area contributed by atoms with Gasteiger partial charge in [0.15, 0.2) is 0 Å². The zero-order chi connectivity index (χ0) is 20.2. The molecule has 6 heteroatoms. The molecule has 156 valence electrons. The van der Waals surface area contributed by atoms with E-state index in [0.29, 0.717) is 31.2 Å². The molecule has 3 saturated heterocycles. The second-order valence-electron chi connectivity index (χ2n) is 8.32. The van der Waals surface area contributed by atoms with Crippen molar-refractivity contribution in [2.24, 2.45) is 11.8 Å². The molecule has 0 unspecified atom stereocenters. The molecular formula is C23H29FN2O3. The van der Waals surface area contributed by atoms with Crippen LogP contribution in [-0.2, 0) is 14.3 Å². The Morgan fingerprint density at radius 3 is 2.66 bits per heavy atom. The summed E-state index contributed by atoms with van der Waals surface area (Å²) >= 11 is 0. The molecule has 0 saturated carbocycles. The standard InChI is InChI=1S/C23H29FN2O3/c24-20-6-2-1-4-17(20)7-8-22(27)26-12-3-5-19-16-25(13-9-21(19)26)23(28)18-10-14-29-15-11-18/h1-2,4,6-8,18-19,21H,3,5,9-16H2/b8-7+/t19-,21+/m1/s1. The topological polar surface area (TPSA) is 49.9 Å². The fraction of sp³-hybridized carbons (Fsp3) is 0.565. The molecular weight excluding hydrogens is 371 g/mol. The Labute approximate surface area is 171 Å². The van der Waals surface area contributed by atoms with E-state index in [-0.39, 0.29) is 29.6 Å². The zero-order valence-electron chi connectivity index (χ0n) is 16.8. The van der Waals surface area contributed by atoms with Crippen molar-refractivity contribution in [3.05, 3.63) is 41.7 Å². The number of nitrogens with zero attached hydrogens (tertiary/aromatic N) is 2. The number of hydrogen-bond donors (Lipinski definition) is 0. The van der Waals surface area contributed by atoms with Crippen molar-refractivity contribution in [2.45, 2.75) is 38.1 Å². The van der Waals surface area contributed by atoms with E-state index < -0.39 is 0 Å². The molecule has 5 nitrogen and oxygen atoms in total. The van der Waals surface area contributed by atoms with E-state index in [1.807, 2.05) is 9.80 Å². The number of piperidine rings is 2. The first-order valence-electron chi connectivity index (χ1n) is 10.7. The fourth-order valence-electron chi connectivity index (χ4n) is 4.95. The lowest BCUT2D eigenvalue weighted by Gasteiger charge is -2.47. The SMILES string of the molecule is O=C(C1CCOCC1)N1CC[C@H]2[C@H](CCCN2C(=O)/C=C/c2ccccc2F)C1. The number of benzene rings is 1. The molecule has 3 aliphatic rings. The van der Waals surface area contributed by atoms with E-state index in [1.54, 1.807) is 24.3 Å². The summed E-state index contributed by atoms with van der Waals surface area (Å²) in [6.45, 7) is 3.52. The number of carbonyl (C=O) groups excluding carboxylic acids is 2. The Hall–Kier alpha value is -2.21. The number of likely N-dealkylation sites (tertiary alicyclic amines) is 2. The lowest BCUT2D eigenvalue weighted by atomic mass is 9.83. The predicted octanol–water partition coefficient (Wildman–Crippen LogP) is 3.11. The molecule has 4 rings (SSSR count). The minimum atomic E-state index is -0.326. The van der Waals surface area contributed by atoms with E-state index in [9.17, 15) is 14.0 Å². The Morgan fingerprint density at radius 2 is 1.86 bits per heavy atom. The van der Waals surface area contributed by atoms with Gasteiger partial charge in [-0.1, -0.05) is 18.2 Å². The highest BCUT2D eigenvalue weighted by atomic mass is 19.1. The molecule has 0 N–H and O–H groups in total. The van der Waals surface area contributed by atoms with Crippen LogP contribution in [0.2, 0.25) is 0 Å². The van der Waals surface area contributed by atoms with Crippen LogP contribution in [0.25, 0.3) is 6.08 Å². The maximum Gasteiger partial charge on any atom is 0.246 e. The Morgan fingerprint density at radius 1 is 1.07 bits per heavy atom. The van der Waals surface area contributed by atoms with Crippen molar-refractivity contribution in [3.63, 3.8) is 0 Å². The quantitative estimate of drug-likeness (QED) is 0.733. The number of carbonyl (C=O) groups is 2. The molecule has 3 heterocycles.